The van der Waals surface area contributed by atoms with Gasteiger partial charge in [-0.25, -0.2) is 0 Å². The molecule has 0 aliphatic carbocycles. The molecule has 0 bridgehead atoms. The van der Waals surface area contributed by atoms with Crippen molar-refractivity contribution in [3.05, 3.63) is 50.6 Å². The van der Waals surface area contributed by atoms with E-state index in [-0.39, 0.29) is 10.8 Å². The fourth-order valence-electron chi connectivity index (χ4n) is 2.73. The highest BCUT2D eigenvalue weighted by atomic mass is 79.9. The molecule has 0 saturated carbocycles. The highest BCUT2D eigenvalue weighted by molar-refractivity contribution is 9.10. The van der Waals surface area contributed by atoms with E-state index in [2.05, 4.69) is 36.7 Å². The summed E-state index contributed by atoms with van der Waals surface area (Å²) in [6.07, 6.45) is 0.885. The molecule has 2 nitrogen and oxygen atoms in total. The molecule has 3 rings (SSSR count). The van der Waals surface area contributed by atoms with Crippen LogP contribution in [0.25, 0.3) is 21.9 Å². The minimum atomic E-state index is -0.0417. The smallest absolute Gasteiger partial charge is 0.200 e. The highest BCUT2D eigenvalue weighted by Crippen LogP contribution is 2.29. The zero-order valence-corrected chi connectivity index (χ0v) is 14.5. The molecule has 22 heavy (non-hydrogen) atoms. The van der Waals surface area contributed by atoms with E-state index in [4.69, 9.17) is 12.3 Å². The van der Waals surface area contributed by atoms with Crippen molar-refractivity contribution in [1.82, 2.24) is 0 Å². The first-order chi connectivity index (χ1) is 10.3. The minimum absolute atomic E-state index is 0.0417. The van der Waals surface area contributed by atoms with Gasteiger partial charge in [-0.1, -0.05) is 38.4 Å². The van der Waals surface area contributed by atoms with Gasteiger partial charge in [-0.15, -0.1) is 0 Å². The topological polar surface area (TPSA) is 30.2 Å². The molecule has 0 unspecified atom stereocenters. The molecule has 1 aromatic heterocycles. The van der Waals surface area contributed by atoms with E-state index in [1.54, 1.807) is 18.2 Å². The predicted octanol–water partition coefficient (Wildman–Crippen LogP) is 4.09. The largest absolute Gasteiger partial charge is 0.455 e. The average Bonchev–Trinajstić information content (AvgIpc) is 2.39. The lowest BCUT2D eigenvalue weighted by atomic mass is 9.87. The van der Waals surface area contributed by atoms with Crippen LogP contribution in [0.4, 0.5) is 0 Å². The second-order valence-electron chi connectivity index (χ2n) is 6.85. The van der Waals surface area contributed by atoms with E-state index in [1.807, 2.05) is 12.1 Å². The molecule has 4 heteroatoms. The Morgan fingerprint density at radius 2 is 1.86 bits per heavy atom. The van der Waals surface area contributed by atoms with Gasteiger partial charge in [0.1, 0.15) is 13.4 Å². The Labute approximate surface area is 139 Å². The van der Waals surface area contributed by atoms with Crippen LogP contribution in [0.2, 0.25) is 0 Å². The fourth-order valence-corrected chi connectivity index (χ4v) is 3.32. The lowest BCUT2D eigenvalue weighted by Gasteiger charge is -2.18. The molecule has 3 aromatic rings. The van der Waals surface area contributed by atoms with Crippen molar-refractivity contribution in [3.8, 4) is 0 Å². The van der Waals surface area contributed by atoms with Crippen molar-refractivity contribution < 1.29 is 4.42 Å². The van der Waals surface area contributed by atoms with E-state index in [9.17, 15) is 4.79 Å². The summed E-state index contributed by atoms with van der Waals surface area (Å²) in [5.41, 5.74) is 2.69. The molecule has 0 saturated heterocycles. The van der Waals surface area contributed by atoms with Crippen molar-refractivity contribution in [3.63, 3.8) is 0 Å². The number of rotatable bonds is 1. The maximum Gasteiger partial charge on any atom is 0.200 e. The predicted molar refractivity (Wildman–Crippen MR) is 96.2 cm³/mol. The molecule has 0 amide bonds. The number of hydrogen-bond donors (Lipinski definition) is 0. The molecule has 0 aliphatic rings. The van der Waals surface area contributed by atoms with Gasteiger partial charge in [-0.2, -0.15) is 0 Å². The van der Waals surface area contributed by atoms with Gasteiger partial charge < -0.3 is 4.42 Å². The zero-order valence-electron chi connectivity index (χ0n) is 12.9. The average molecular weight is 355 g/mol. The summed E-state index contributed by atoms with van der Waals surface area (Å²) in [4.78, 5) is 12.8. The molecule has 1 heterocycles. The van der Waals surface area contributed by atoms with Crippen molar-refractivity contribution in [2.45, 2.75) is 27.2 Å². The van der Waals surface area contributed by atoms with Crippen LogP contribution in [-0.2, 0) is 6.42 Å². The number of benzene rings is 2. The van der Waals surface area contributed by atoms with E-state index in [1.165, 1.54) is 0 Å². The van der Waals surface area contributed by atoms with Crippen LogP contribution in [0, 0.1) is 5.41 Å². The molecule has 0 fully saturated rings. The Hall–Kier alpha value is -1.55. The quantitative estimate of drug-likeness (QED) is 0.486. The Balaban J connectivity index is 2.37. The number of halogens is 1. The van der Waals surface area contributed by atoms with E-state index >= 15 is 0 Å². The number of hydrogen-bond acceptors (Lipinski definition) is 2. The Kier molecular flexibility index (Phi) is 3.68. The van der Waals surface area contributed by atoms with Crippen LogP contribution < -0.4 is 10.9 Å². The lowest BCUT2D eigenvalue weighted by molar-refractivity contribution is 0.411. The maximum atomic E-state index is 12.8. The van der Waals surface area contributed by atoms with Crippen LogP contribution in [0.1, 0.15) is 26.3 Å². The molecule has 0 N–H and O–H groups in total. The molecular weight excluding hydrogens is 339 g/mol. The van der Waals surface area contributed by atoms with Crippen LogP contribution in [0.5, 0.6) is 0 Å². The van der Waals surface area contributed by atoms with Gasteiger partial charge in [0.15, 0.2) is 5.58 Å². The fraction of sp³-hybridized carbons (Fsp3) is 0.278. The highest BCUT2D eigenvalue weighted by Gasteiger charge is 2.16. The van der Waals surface area contributed by atoms with E-state index < -0.39 is 0 Å². The standard InChI is InChI=1S/C18H16BBrO2/c1-18(2,3)9-10-7-12-15(21)11-5-4-6-13(19)16(11)22-17(12)14(20)8-10/h4-8H,9H2,1-3H3. The molecular formula is C18H16BBrO2. The van der Waals surface area contributed by atoms with Crippen molar-refractivity contribution >= 4 is 51.2 Å². The third kappa shape index (κ3) is 2.72. The maximum absolute atomic E-state index is 12.8. The first kappa shape index (κ1) is 15.4. The van der Waals surface area contributed by atoms with E-state index in [0.717, 1.165) is 16.5 Å². The van der Waals surface area contributed by atoms with Crippen molar-refractivity contribution in [2.75, 3.05) is 0 Å². The van der Waals surface area contributed by atoms with Gasteiger partial charge in [0, 0.05) is 0 Å². The molecule has 0 spiro atoms. The third-order valence-electron chi connectivity index (χ3n) is 3.58. The summed E-state index contributed by atoms with van der Waals surface area (Å²) >= 11 is 3.53. The zero-order chi connectivity index (χ0) is 16.1. The SMILES string of the molecule is [B]c1cccc2c(=O)c3cc(CC(C)(C)C)cc(Br)c3oc12. The van der Waals surface area contributed by atoms with Gasteiger partial charge in [-0.05, 0) is 51.5 Å². The summed E-state index contributed by atoms with van der Waals surface area (Å²) in [6.45, 7) is 6.53. The van der Waals surface area contributed by atoms with Gasteiger partial charge in [-0.3, -0.25) is 4.79 Å². The minimum Gasteiger partial charge on any atom is -0.455 e. The van der Waals surface area contributed by atoms with Gasteiger partial charge >= 0.3 is 0 Å². The number of para-hydroxylation sites is 1. The van der Waals surface area contributed by atoms with Gasteiger partial charge in [0.2, 0.25) is 5.43 Å². The van der Waals surface area contributed by atoms with Gasteiger partial charge in [0.05, 0.1) is 15.2 Å². The Morgan fingerprint density at radius 3 is 2.55 bits per heavy atom. The summed E-state index contributed by atoms with van der Waals surface area (Å²) < 4.78 is 6.69. The summed E-state index contributed by atoms with van der Waals surface area (Å²) in [7, 11) is 5.93. The van der Waals surface area contributed by atoms with E-state index in [0.29, 0.717) is 27.4 Å². The Bertz CT molecular complexity index is 936. The molecule has 2 radical (unpaired) electrons. The first-order valence-corrected chi connectivity index (χ1v) is 7.99. The summed E-state index contributed by atoms with van der Waals surface area (Å²) in [5, 5.41) is 1.11. The first-order valence-electron chi connectivity index (χ1n) is 7.20. The van der Waals surface area contributed by atoms with Crippen LogP contribution in [-0.4, -0.2) is 7.85 Å². The van der Waals surface area contributed by atoms with Crippen LogP contribution in [0.15, 0.2) is 44.0 Å². The third-order valence-corrected chi connectivity index (χ3v) is 4.17. The monoisotopic (exact) mass is 354 g/mol. The number of fused-ring (bicyclic) bond motifs is 2. The molecule has 0 atom stereocenters. The molecule has 2 aromatic carbocycles. The molecule has 110 valence electrons. The second-order valence-corrected chi connectivity index (χ2v) is 7.70. The second kappa shape index (κ2) is 5.27. The van der Waals surface area contributed by atoms with Crippen LogP contribution in [0.3, 0.4) is 0 Å². The van der Waals surface area contributed by atoms with Crippen molar-refractivity contribution in [1.29, 1.82) is 0 Å². The lowest BCUT2D eigenvalue weighted by Crippen LogP contribution is -2.12. The summed E-state index contributed by atoms with van der Waals surface area (Å²) in [6, 6.07) is 9.20. The summed E-state index contributed by atoms with van der Waals surface area (Å²) in [5.74, 6) is 0. The normalized spacial score (nSPS) is 12.2. The van der Waals surface area contributed by atoms with Crippen LogP contribution >= 0.6 is 15.9 Å². The van der Waals surface area contributed by atoms with Crippen molar-refractivity contribution in [2.24, 2.45) is 5.41 Å². The Morgan fingerprint density at radius 1 is 1.14 bits per heavy atom. The molecule has 0 aliphatic heterocycles. The van der Waals surface area contributed by atoms with Gasteiger partial charge in [0.25, 0.3) is 0 Å².